The zero-order valence-corrected chi connectivity index (χ0v) is 11.0. The molecule has 0 amide bonds. The van der Waals surface area contributed by atoms with Gasteiger partial charge in [-0.15, -0.1) is 0 Å². The lowest BCUT2D eigenvalue weighted by molar-refractivity contribution is 0.825. The maximum absolute atomic E-state index is 5.64. The summed E-state index contributed by atoms with van der Waals surface area (Å²) in [5.41, 5.74) is 10.4. The minimum atomic E-state index is 0.485. The van der Waals surface area contributed by atoms with E-state index in [2.05, 4.69) is 53.0 Å². The number of hydrogen-bond acceptors (Lipinski definition) is 2. The monoisotopic (exact) mass is 251 g/mol. The zero-order chi connectivity index (χ0) is 13.2. The SMILES string of the molecule is Cc1cn(Cc2ccnc(CN)c2)c2ccccc12. The fourth-order valence-corrected chi connectivity index (χ4v) is 2.50. The molecule has 96 valence electrons. The van der Waals surface area contributed by atoms with Crippen molar-refractivity contribution >= 4 is 10.9 Å². The number of aryl methyl sites for hydroxylation is 1. The van der Waals surface area contributed by atoms with Crippen molar-refractivity contribution in [2.45, 2.75) is 20.0 Å². The van der Waals surface area contributed by atoms with Gasteiger partial charge in [0, 0.05) is 36.4 Å². The molecule has 0 unspecified atom stereocenters. The summed E-state index contributed by atoms with van der Waals surface area (Å²) >= 11 is 0. The summed E-state index contributed by atoms with van der Waals surface area (Å²) in [7, 11) is 0. The van der Waals surface area contributed by atoms with E-state index in [1.54, 1.807) is 0 Å². The average molecular weight is 251 g/mol. The Hall–Kier alpha value is -2.13. The molecule has 0 aliphatic carbocycles. The van der Waals surface area contributed by atoms with Crippen molar-refractivity contribution in [2.75, 3.05) is 0 Å². The van der Waals surface area contributed by atoms with Gasteiger partial charge in [0.25, 0.3) is 0 Å². The van der Waals surface area contributed by atoms with E-state index in [0.717, 1.165) is 12.2 Å². The van der Waals surface area contributed by atoms with Crippen LogP contribution >= 0.6 is 0 Å². The van der Waals surface area contributed by atoms with Gasteiger partial charge in [-0.05, 0) is 36.2 Å². The molecule has 3 rings (SSSR count). The first-order valence-electron chi connectivity index (χ1n) is 6.46. The van der Waals surface area contributed by atoms with Crippen LogP contribution in [0.5, 0.6) is 0 Å². The van der Waals surface area contributed by atoms with Crippen molar-refractivity contribution < 1.29 is 0 Å². The van der Waals surface area contributed by atoms with Gasteiger partial charge >= 0.3 is 0 Å². The summed E-state index contributed by atoms with van der Waals surface area (Å²) < 4.78 is 2.28. The third-order valence-electron chi connectivity index (χ3n) is 3.43. The van der Waals surface area contributed by atoms with Crippen LogP contribution in [0.2, 0.25) is 0 Å². The van der Waals surface area contributed by atoms with Gasteiger partial charge in [0.05, 0.1) is 5.69 Å². The van der Waals surface area contributed by atoms with Gasteiger partial charge in [0.1, 0.15) is 0 Å². The number of aromatic nitrogens is 2. The molecule has 3 heteroatoms. The van der Waals surface area contributed by atoms with E-state index in [9.17, 15) is 0 Å². The molecule has 0 spiro atoms. The van der Waals surface area contributed by atoms with E-state index in [0.29, 0.717) is 6.54 Å². The van der Waals surface area contributed by atoms with Crippen LogP contribution in [-0.4, -0.2) is 9.55 Å². The molecule has 0 aliphatic rings. The number of fused-ring (bicyclic) bond motifs is 1. The predicted molar refractivity (Wildman–Crippen MR) is 77.9 cm³/mol. The van der Waals surface area contributed by atoms with Gasteiger partial charge < -0.3 is 10.3 Å². The highest BCUT2D eigenvalue weighted by molar-refractivity contribution is 5.83. The smallest absolute Gasteiger partial charge is 0.0542 e. The number of nitrogens with zero attached hydrogens (tertiary/aromatic N) is 2. The van der Waals surface area contributed by atoms with E-state index < -0.39 is 0 Å². The highest BCUT2D eigenvalue weighted by atomic mass is 15.0. The van der Waals surface area contributed by atoms with E-state index in [1.807, 2.05) is 12.3 Å². The van der Waals surface area contributed by atoms with Gasteiger partial charge in [-0.1, -0.05) is 18.2 Å². The Morgan fingerprint density at radius 3 is 2.89 bits per heavy atom. The number of rotatable bonds is 3. The van der Waals surface area contributed by atoms with E-state index in [1.165, 1.54) is 22.0 Å². The zero-order valence-electron chi connectivity index (χ0n) is 11.0. The lowest BCUT2D eigenvalue weighted by Crippen LogP contribution is -2.03. The van der Waals surface area contributed by atoms with Crippen LogP contribution in [-0.2, 0) is 13.1 Å². The summed E-state index contributed by atoms with van der Waals surface area (Å²) in [6.07, 6.45) is 4.03. The van der Waals surface area contributed by atoms with Crippen LogP contribution in [0.1, 0.15) is 16.8 Å². The Morgan fingerprint density at radius 1 is 1.21 bits per heavy atom. The average Bonchev–Trinajstić information content (AvgIpc) is 2.76. The Morgan fingerprint density at radius 2 is 2.05 bits per heavy atom. The van der Waals surface area contributed by atoms with Crippen LogP contribution in [0.25, 0.3) is 10.9 Å². The largest absolute Gasteiger partial charge is 0.343 e. The van der Waals surface area contributed by atoms with Crippen molar-refractivity contribution in [1.29, 1.82) is 0 Å². The molecule has 0 saturated carbocycles. The maximum Gasteiger partial charge on any atom is 0.0542 e. The second-order valence-corrected chi connectivity index (χ2v) is 4.82. The highest BCUT2D eigenvalue weighted by Gasteiger charge is 2.05. The van der Waals surface area contributed by atoms with E-state index in [-0.39, 0.29) is 0 Å². The molecule has 1 aromatic carbocycles. The highest BCUT2D eigenvalue weighted by Crippen LogP contribution is 2.21. The topological polar surface area (TPSA) is 43.8 Å². The molecule has 2 aromatic heterocycles. The van der Waals surface area contributed by atoms with E-state index >= 15 is 0 Å². The van der Waals surface area contributed by atoms with Gasteiger partial charge in [0.15, 0.2) is 0 Å². The number of pyridine rings is 1. The fraction of sp³-hybridized carbons (Fsp3) is 0.188. The molecule has 3 aromatic rings. The normalized spacial score (nSPS) is 11.1. The third kappa shape index (κ3) is 2.25. The summed E-state index contributed by atoms with van der Waals surface area (Å²) in [4.78, 5) is 4.23. The Kier molecular flexibility index (Phi) is 3.05. The first-order chi connectivity index (χ1) is 9.28. The summed E-state index contributed by atoms with van der Waals surface area (Å²) in [5, 5.41) is 1.32. The van der Waals surface area contributed by atoms with Crippen molar-refractivity contribution in [2.24, 2.45) is 5.73 Å². The summed E-state index contributed by atoms with van der Waals surface area (Å²) in [6.45, 7) is 3.49. The Bertz CT molecular complexity index is 713. The number of benzene rings is 1. The van der Waals surface area contributed by atoms with Crippen LogP contribution in [0, 0.1) is 6.92 Å². The third-order valence-corrected chi connectivity index (χ3v) is 3.43. The fourth-order valence-electron chi connectivity index (χ4n) is 2.50. The molecule has 19 heavy (non-hydrogen) atoms. The molecular formula is C16H17N3. The molecule has 0 radical (unpaired) electrons. The molecule has 2 heterocycles. The Labute approximate surface area is 112 Å². The van der Waals surface area contributed by atoms with Gasteiger partial charge in [-0.3, -0.25) is 4.98 Å². The molecule has 3 nitrogen and oxygen atoms in total. The second-order valence-electron chi connectivity index (χ2n) is 4.82. The molecular weight excluding hydrogens is 234 g/mol. The maximum atomic E-state index is 5.64. The van der Waals surface area contributed by atoms with Crippen LogP contribution in [0.3, 0.4) is 0 Å². The standard InChI is InChI=1S/C16H17N3/c1-12-10-19(16-5-3-2-4-15(12)16)11-13-6-7-18-14(8-13)9-17/h2-8,10H,9,11,17H2,1H3. The van der Waals surface area contributed by atoms with Gasteiger partial charge in [-0.2, -0.15) is 0 Å². The molecule has 0 bridgehead atoms. The number of nitrogens with two attached hydrogens (primary N) is 1. The minimum absolute atomic E-state index is 0.485. The lowest BCUT2D eigenvalue weighted by Gasteiger charge is -2.06. The van der Waals surface area contributed by atoms with Crippen molar-refractivity contribution in [3.63, 3.8) is 0 Å². The van der Waals surface area contributed by atoms with Crippen molar-refractivity contribution in [1.82, 2.24) is 9.55 Å². The Balaban J connectivity index is 2.01. The predicted octanol–water partition coefficient (Wildman–Crippen LogP) is 2.85. The van der Waals surface area contributed by atoms with Crippen LogP contribution in [0.4, 0.5) is 0 Å². The summed E-state index contributed by atoms with van der Waals surface area (Å²) in [6, 6.07) is 12.6. The second kappa shape index (κ2) is 4.86. The van der Waals surface area contributed by atoms with Gasteiger partial charge in [-0.25, -0.2) is 0 Å². The van der Waals surface area contributed by atoms with E-state index in [4.69, 9.17) is 5.73 Å². The minimum Gasteiger partial charge on any atom is -0.343 e. The van der Waals surface area contributed by atoms with Crippen molar-refractivity contribution in [3.8, 4) is 0 Å². The molecule has 0 aliphatic heterocycles. The quantitative estimate of drug-likeness (QED) is 0.778. The van der Waals surface area contributed by atoms with Gasteiger partial charge in [0.2, 0.25) is 0 Å². The lowest BCUT2D eigenvalue weighted by atomic mass is 10.2. The van der Waals surface area contributed by atoms with Crippen molar-refractivity contribution in [3.05, 3.63) is 65.6 Å². The van der Waals surface area contributed by atoms with Crippen LogP contribution in [0.15, 0.2) is 48.8 Å². The molecule has 0 fully saturated rings. The number of hydrogen-bond donors (Lipinski definition) is 1. The molecule has 2 N–H and O–H groups in total. The number of para-hydroxylation sites is 1. The van der Waals surface area contributed by atoms with Crippen LogP contribution < -0.4 is 5.73 Å². The first-order valence-corrected chi connectivity index (χ1v) is 6.46. The molecule has 0 atom stereocenters. The first kappa shape index (κ1) is 11.9. The summed E-state index contributed by atoms with van der Waals surface area (Å²) in [5.74, 6) is 0. The molecule has 0 saturated heterocycles.